The number of rotatable bonds is 6. The fourth-order valence-corrected chi connectivity index (χ4v) is 1.72. The lowest BCUT2D eigenvalue weighted by atomic mass is 10.2. The number of hydrogen-bond acceptors (Lipinski definition) is 3. The van der Waals surface area contributed by atoms with Crippen molar-refractivity contribution in [1.29, 1.82) is 0 Å². The first-order valence-electron chi connectivity index (χ1n) is 5.49. The average Bonchev–Trinajstić information content (AvgIpc) is 3.09. The second-order valence-corrected chi connectivity index (χ2v) is 4.42. The van der Waals surface area contributed by atoms with E-state index >= 15 is 0 Å². The molecule has 0 bridgehead atoms. The molecular formula is C12H16ClNO2. The van der Waals surface area contributed by atoms with Crippen LogP contribution in [0.25, 0.3) is 0 Å². The Morgan fingerprint density at radius 3 is 2.88 bits per heavy atom. The van der Waals surface area contributed by atoms with Gasteiger partial charge < -0.3 is 15.2 Å². The molecule has 2 N–H and O–H groups in total. The van der Waals surface area contributed by atoms with E-state index in [0.29, 0.717) is 17.3 Å². The number of para-hydroxylation sites is 1. The summed E-state index contributed by atoms with van der Waals surface area (Å²) >= 11 is 6.03. The first-order chi connectivity index (χ1) is 7.81. The maximum atomic E-state index is 6.03. The number of nitrogens with two attached hydrogens (primary N) is 1. The standard InChI is InChI=1S/C12H16ClNO2/c13-11-3-1-2-10(6-14)12(11)16-8-15-7-9-4-5-9/h1-3,9H,4-8,14H2. The molecule has 1 aromatic carbocycles. The highest BCUT2D eigenvalue weighted by Gasteiger charge is 2.21. The molecular weight excluding hydrogens is 226 g/mol. The van der Waals surface area contributed by atoms with E-state index in [1.165, 1.54) is 12.8 Å². The minimum atomic E-state index is 0.243. The van der Waals surface area contributed by atoms with Gasteiger partial charge in [-0.15, -0.1) is 0 Å². The molecule has 0 heterocycles. The van der Waals surface area contributed by atoms with E-state index in [9.17, 15) is 0 Å². The average molecular weight is 242 g/mol. The Labute approximate surface area is 100 Å². The predicted molar refractivity (Wildman–Crippen MR) is 63.5 cm³/mol. The van der Waals surface area contributed by atoms with Crippen LogP contribution in [0.15, 0.2) is 18.2 Å². The van der Waals surface area contributed by atoms with Crippen LogP contribution in [0.2, 0.25) is 5.02 Å². The van der Waals surface area contributed by atoms with Crippen LogP contribution in [-0.2, 0) is 11.3 Å². The summed E-state index contributed by atoms with van der Waals surface area (Å²) in [6, 6.07) is 5.56. The lowest BCUT2D eigenvalue weighted by molar-refractivity contribution is 0.00953. The maximum absolute atomic E-state index is 6.03. The number of hydrogen-bond donors (Lipinski definition) is 1. The van der Waals surface area contributed by atoms with Crippen molar-refractivity contribution in [2.75, 3.05) is 13.4 Å². The van der Waals surface area contributed by atoms with Gasteiger partial charge in [0.05, 0.1) is 11.6 Å². The van der Waals surface area contributed by atoms with Gasteiger partial charge >= 0.3 is 0 Å². The van der Waals surface area contributed by atoms with Crippen molar-refractivity contribution in [3.63, 3.8) is 0 Å². The Bertz CT molecular complexity index is 353. The third-order valence-electron chi connectivity index (χ3n) is 2.61. The zero-order chi connectivity index (χ0) is 11.4. The van der Waals surface area contributed by atoms with Crippen molar-refractivity contribution in [1.82, 2.24) is 0 Å². The van der Waals surface area contributed by atoms with Gasteiger partial charge in [-0.25, -0.2) is 0 Å². The number of benzene rings is 1. The minimum Gasteiger partial charge on any atom is -0.466 e. The molecule has 0 spiro atoms. The molecule has 4 heteroatoms. The van der Waals surface area contributed by atoms with Gasteiger partial charge in [0.15, 0.2) is 6.79 Å². The molecule has 16 heavy (non-hydrogen) atoms. The van der Waals surface area contributed by atoms with Crippen molar-refractivity contribution in [3.8, 4) is 5.75 Å². The van der Waals surface area contributed by atoms with E-state index in [-0.39, 0.29) is 6.79 Å². The molecule has 3 nitrogen and oxygen atoms in total. The smallest absolute Gasteiger partial charge is 0.189 e. The van der Waals surface area contributed by atoms with E-state index < -0.39 is 0 Å². The SMILES string of the molecule is NCc1cccc(Cl)c1OCOCC1CC1. The lowest BCUT2D eigenvalue weighted by Crippen LogP contribution is -2.08. The normalized spacial score (nSPS) is 15.1. The molecule has 0 saturated heterocycles. The fraction of sp³-hybridized carbons (Fsp3) is 0.500. The highest BCUT2D eigenvalue weighted by molar-refractivity contribution is 6.32. The largest absolute Gasteiger partial charge is 0.466 e. The van der Waals surface area contributed by atoms with E-state index in [2.05, 4.69) is 0 Å². The summed E-state index contributed by atoms with van der Waals surface area (Å²) in [5.41, 5.74) is 6.51. The van der Waals surface area contributed by atoms with Gasteiger partial charge in [-0.2, -0.15) is 0 Å². The monoisotopic (exact) mass is 241 g/mol. The number of halogens is 1. The Hall–Kier alpha value is -0.770. The molecule has 0 amide bonds. The van der Waals surface area contributed by atoms with Gasteiger partial charge in [0.2, 0.25) is 0 Å². The van der Waals surface area contributed by atoms with Gasteiger partial charge in [0.1, 0.15) is 5.75 Å². The van der Waals surface area contributed by atoms with E-state index in [1.54, 1.807) is 6.07 Å². The second-order valence-electron chi connectivity index (χ2n) is 4.01. The van der Waals surface area contributed by atoms with Crippen LogP contribution < -0.4 is 10.5 Å². The van der Waals surface area contributed by atoms with Crippen molar-refractivity contribution in [2.24, 2.45) is 11.7 Å². The predicted octanol–water partition coefficient (Wildman–Crippen LogP) is 2.56. The zero-order valence-electron chi connectivity index (χ0n) is 9.12. The lowest BCUT2D eigenvalue weighted by Gasteiger charge is -2.12. The van der Waals surface area contributed by atoms with Crippen LogP contribution >= 0.6 is 11.6 Å². The van der Waals surface area contributed by atoms with Crippen molar-refractivity contribution < 1.29 is 9.47 Å². The van der Waals surface area contributed by atoms with Gasteiger partial charge in [0, 0.05) is 12.1 Å². The summed E-state index contributed by atoms with van der Waals surface area (Å²) in [6.07, 6.45) is 2.56. The molecule has 0 atom stereocenters. The summed E-state index contributed by atoms with van der Waals surface area (Å²) in [4.78, 5) is 0. The van der Waals surface area contributed by atoms with Gasteiger partial charge in [-0.1, -0.05) is 23.7 Å². The molecule has 0 unspecified atom stereocenters. The maximum Gasteiger partial charge on any atom is 0.189 e. The van der Waals surface area contributed by atoms with Crippen LogP contribution in [0.3, 0.4) is 0 Å². The summed E-state index contributed by atoms with van der Waals surface area (Å²) in [6.45, 7) is 1.44. The first-order valence-corrected chi connectivity index (χ1v) is 5.87. The highest BCUT2D eigenvalue weighted by Crippen LogP contribution is 2.30. The second kappa shape index (κ2) is 5.53. The zero-order valence-corrected chi connectivity index (χ0v) is 9.87. The van der Waals surface area contributed by atoms with Crippen molar-refractivity contribution >= 4 is 11.6 Å². The summed E-state index contributed by atoms with van der Waals surface area (Å²) in [7, 11) is 0. The molecule has 0 radical (unpaired) electrons. The molecule has 1 saturated carbocycles. The van der Waals surface area contributed by atoms with E-state index in [1.807, 2.05) is 12.1 Å². The molecule has 88 valence electrons. The first kappa shape index (κ1) is 11.7. The fourth-order valence-electron chi connectivity index (χ4n) is 1.48. The van der Waals surface area contributed by atoms with Gasteiger partial charge in [0.25, 0.3) is 0 Å². The molecule has 1 fully saturated rings. The van der Waals surface area contributed by atoms with Crippen LogP contribution in [0, 0.1) is 5.92 Å². The minimum absolute atomic E-state index is 0.243. The highest BCUT2D eigenvalue weighted by atomic mass is 35.5. The number of ether oxygens (including phenoxy) is 2. The molecule has 0 aliphatic heterocycles. The Morgan fingerprint density at radius 1 is 1.38 bits per heavy atom. The van der Waals surface area contributed by atoms with E-state index in [4.69, 9.17) is 26.8 Å². The van der Waals surface area contributed by atoms with Gasteiger partial charge in [-0.05, 0) is 24.8 Å². The summed E-state index contributed by atoms with van der Waals surface area (Å²) in [5.74, 6) is 1.38. The summed E-state index contributed by atoms with van der Waals surface area (Å²) in [5, 5.41) is 0.581. The van der Waals surface area contributed by atoms with Crippen LogP contribution in [-0.4, -0.2) is 13.4 Å². The van der Waals surface area contributed by atoms with E-state index in [0.717, 1.165) is 18.1 Å². The van der Waals surface area contributed by atoms with Crippen molar-refractivity contribution in [2.45, 2.75) is 19.4 Å². The molecule has 1 aromatic rings. The Balaban J connectivity index is 1.86. The Morgan fingerprint density at radius 2 is 2.19 bits per heavy atom. The Kier molecular flexibility index (Phi) is 4.04. The van der Waals surface area contributed by atoms with Crippen LogP contribution in [0.4, 0.5) is 0 Å². The van der Waals surface area contributed by atoms with Crippen molar-refractivity contribution in [3.05, 3.63) is 28.8 Å². The van der Waals surface area contributed by atoms with Gasteiger partial charge in [-0.3, -0.25) is 0 Å². The topological polar surface area (TPSA) is 44.5 Å². The third-order valence-corrected chi connectivity index (χ3v) is 2.90. The quantitative estimate of drug-likeness (QED) is 0.615. The molecule has 1 aliphatic carbocycles. The van der Waals surface area contributed by atoms with Crippen LogP contribution in [0.1, 0.15) is 18.4 Å². The molecule has 1 aliphatic rings. The molecule has 0 aromatic heterocycles. The third kappa shape index (κ3) is 3.11. The molecule has 2 rings (SSSR count). The van der Waals surface area contributed by atoms with Crippen LogP contribution in [0.5, 0.6) is 5.75 Å². The summed E-state index contributed by atoms with van der Waals surface area (Å²) < 4.78 is 10.9.